The third-order valence-electron chi connectivity index (χ3n) is 2.73. The van der Waals surface area contributed by atoms with Gasteiger partial charge in [0.15, 0.2) is 0 Å². The summed E-state index contributed by atoms with van der Waals surface area (Å²) in [5, 5.41) is 10.1. The summed E-state index contributed by atoms with van der Waals surface area (Å²) in [4.78, 5) is 0. The van der Waals surface area contributed by atoms with Gasteiger partial charge in [0, 0.05) is 7.11 Å². The van der Waals surface area contributed by atoms with Crippen molar-refractivity contribution in [1.82, 2.24) is 0 Å². The van der Waals surface area contributed by atoms with Crippen LogP contribution < -0.4 is 0 Å². The average Bonchev–Trinajstić information content (AvgIpc) is 2.27. The lowest BCUT2D eigenvalue weighted by atomic mass is 9.96. The summed E-state index contributed by atoms with van der Waals surface area (Å²) in [6.07, 6.45) is 1.50. The van der Waals surface area contributed by atoms with Crippen molar-refractivity contribution in [3.63, 3.8) is 0 Å². The molecule has 90 valence electrons. The molecule has 16 heavy (non-hydrogen) atoms. The molecule has 1 N–H and O–H groups in total. The Morgan fingerprint density at radius 3 is 2.50 bits per heavy atom. The lowest BCUT2D eigenvalue weighted by Crippen LogP contribution is -2.04. The van der Waals surface area contributed by atoms with Crippen LogP contribution in [0, 0.1) is 5.92 Å². The molecular formula is C14H22O2. The standard InChI is InChI=1S/C14H22O2/c1-11(2)8-9-14(15)13-7-5-4-6-12(13)10-16-3/h4-7,11,14-15H,8-10H2,1-3H3. The molecule has 0 radical (unpaired) electrons. The van der Waals surface area contributed by atoms with Gasteiger partial charge in [-0.3, -0.25) is 0 Å². The molecule has 0 aromatic heterocycles. The minimum atomic E-state index is -0.367. The first kappa shape index (κ1) is 13.2. The Bertz CT molecular complexity index is 307. The van der Waals surface area contributed by atoms with Gasteiger partial charge in [0.1, 0.15) is 0 Å². The Morgan fingerprint density at radius 1 is 1.19 bits per heavy atom. The SMILES string of the molecule is COCc1ccccc1C(O)CCC(C)C. The molecule has 0 saturated carbocycles. The first-order valence-electron chi connectivity index (χ1n) is 5.90. The van der Waals surface area contributed by atoms with Crippen LogP contribution in [-0.2, 0) is 11.3 Å². The fraction of sp³-hybridized carbons (Fsp3) is 0.571. The maximum Gasteiger partial charge on any atom is 0.0793 e. The highest BCUT2D eigenvalue weighted by Gasteiger charge is 2.12. The third-order valence-corrected chi connectivity index (χ3v) is 2.73. The summed E-state index contributed by atoms with van der Waals surface area (Å²) in [5.41, 5.74) is 2.09. The lowest BCUT2D eigenvalue weighted by Gasteiger charge is -2.16. The first-order valence-corrected chi connectivity index (χ1v) is 5.90. The minimum Gasteiger partial charge on any atom is -0.388 e. The normalized spacial score (nSPS) is 13.1. The molecule has 1 aromatic rings. The maximum atomic E-state index is 10.1. The molecule has 0 aliphatic carbocycles. The summed E-state index contributed by atoms with van der Waals surface area (Å²) in [7, 11) is 1.68. The van der Waals surface area contributed by atoms with Crippen molar-refractivity contribution < 1.29 is 9.84 Å². The van der Waals surface area contributed by atoms with Crippen LogP contribution in [0.5, 0.6) is 0 Å². The van der Waals surface area contributed by atoms with Crippen LogP contribution >= 0.6 is 0 Å². The van der Waals surface area contributed by atoms with E-state index in [0.29, 0.717) is 12.5 Å². The van der Waals surface area contributed by atoms with Crippen molar-refractivity contribution in [2.24, 2.45) is 5.92 Å². The molecule has 1 atom stereocenters. The molecule has 1 aromatic carbocycles. The number of ether oxygens (including phenoxy) is 1. The molecule has 0 aliphatic heterocycles. The predicted molar refractivity (Wildman–Crippen MR) is 66.2 cm³/mol. The average molecular weight is 222 g/mol. The number of aliphatic hydroxyl groups is 1. The van der Waals surface area contributed by atoms with E-state index in [1.165, 1.54) is 0 Å². The van der Waals surface area contributed by atoms with Gasteiger partial charge in [-0.1, -0.05) is 38.1 Å². The highest BCUT2D eigenvalue weighted by molar-refractivity contribution is 5.28. The number of benzene rings is 1. The van der Waals surface area contributed by atoms with Gasteiger partial charge in [-0.25, -0.2) is 0 Å². The van der Waals surface area contributed by atoms with E-state index in [4.69, 9.17) is 4.74 Å². The van der Waals surface area contributed by atoms with Gasteiger partial charge < -0.3 is 9.84 Å². The molecule has 0 spiro atoms. The van der Waals surface area contributed by atoms with E-state index in [-0.39, 0.29) is 6.10 Å². The highest BCUT2D eigenvalue weighted by atomic mass is 16.5. The van der Waals surface area contributed by atoms with Gasteiger partial charge in [0.25, 0.3) is 0 Å². The van der Waals surface area contributed by atoms with Crippen molar-refractivity contribution in [3.8, 4) is 0 Å². The van der Waals surface area contributed by atoms with Crippen LogP contribution in [0.25, 0.3) is 0 Å². The van der Waals surface area contributed by atoms with Crippen molar-refractivity contribution in [2.75, 3.05) is 7.11 Å². The molecule has 0 amide bonds. The van der Waals surface area contributed by atoms with Crippen LogP contribution in [0.15, 0.2) is 24.3 Å². The van der Waals surface area contributed by atoms with E-state index >= 15 is 0 Å². The molecule has 2 nitrogen and oxygen atoms in total. The van der Waals surface area contributed by atoms with Gasteiger partial charge in [0.05, 0.1) is 12.7 Å². The van der Waals surface area contributed by atoms with Crippen molar-refractivity contribution >= 4 is 0 Å². The van der Waals surface area contributed by atoms with Gasteiger partial charge >= 0.3 is 0 Å². The summed E-state index contributed by atoms with van der Waals surface area (Å²) in [5.74, 6) is 0.629. The lowest BCUT2D eigenvalue weighted by molar-refractivity contribution is 0.148. The zero-order valence-corrected chi connectivity index (χ0v) is 10.4. The Morgan fingerprint density at radius 2 is 1.88 bits per heavy atom. The molecular weight excluding hydrogens is 200 g/mol. The number of methoxy groups -OCH3 is 1. The molecule has 2 heteroatoms. The van der Waals surface area contributed by atoms with E-state index < -0.39 is 0 Å². The Labute approximate surface area is 98.3 Å². The number of hydrogen-bond acceptors (Lipinski definition) is 2. The Hall–Kier alpha value is -0.860. The number of rotatable bonds is 6. The highest BCUT2D eigenvalue weighted by Crippen LogP contribution is 2.24. The minimum absolute atomic E-state index is 0.367. The van der Waals surface area contributed by atoms with Gasteiger partial charge in [0.2, 0.25) is 0 Å². The van der Waals surface area contributed by atoms with Crippen molar-refractivity contribution in [1.29, 1.82) is 0 Å². The van der Waals surface area contributed by atoms with E-state index in [0.717, 1.165) is 24.0 Å². The van der Waals surface area contributed by atoms with Crippen LogP contribution in [0.1, 0.15) is 43.9 Å². The second-order valence-electron chi connectivity index (χ2n) is 4.62. The quantitative estimate of drug-likeness (QED) is 0.800. The predicted octanol–water partition coefficient (Wildman–Crippen LogP) is 3.30. The molecule has 0 fully saturated rings. The number of aliphatic hydroxyl groups excluding tert-OH is 1. The fourth-order valence-electron chi connectivity index (χ4n) is 1.79. The summed E-state index contributed by atoms with van der Waals surface area (Å²) in [6.45, 7) is 4.91. The molecule has 1 unspecified atom stereocenters. The van der Waals surface area contributed by atoms with Crippen molar-refractivity contribution in [2.45, 2.75) is 39.4 Å². The smallest absolute Gasteiger partial charge is 0.0793 e. The Balaban J connectivity index is 2.69. The monoisotopic (exact) mass is 222 g/mol. The van der Waals surface area contributed by atoms with Crippen LogP contribution in [0.3, 0.4) is 0 Å². The molecule has 0 saturated heterocycles. The molecule has 1 rings (SSSR count). The Kier molecular flexibility index (Phi) is 5.50. The van der Waals surface area contributed by atoms with E-state index in [9.17, 15) is 5.11 Å². The summed E-state index contributed by atoms with van der Waals surface area (Å²) in [6, 6.07) is 7.94. The first-order chi connectivity index (χ1) is 7.65. The molecule has 0 heterocycles. The van der Waals surface area contributed by atoms with Crippen LogP contribution in [0.2, 0.25) is 0 Å². The third kappa shape index (κ3) is 3.95. The largest absolute Gasteiger partial charge is 0.388 e. The number of hydrogen-bond donors (Lipinski definition) is 1. The van der Waals surface area contributed by atoms with Crippen LogP contribution in [-0.4, -0.2) is 12.2 Å². The second kappa shape index (κ2) is 6.66. The van der Waals surface area contributed by atoms with E-state index in [2.05, 4.69) is 13.8 Å². The summed E-state index contributed by atoms with van der Waals surface area (Å²) < 4.78 is 5.13. The zero-order valence-electron chi connectivity index (χ0n) is 10.4. The molecule has 0 bridgehead atoms. The fourth-order valence-corrected chi connectivity index (χ4v) is 1.79. The zero-order chi connectivity index (χ0) is 12.0. The van der Waals surface area contributed by atoms with Gasteiger partial charge in [-0.05, 0) is 29.9 Å². The molecule has 0 aliphatic rings. The van der Waals surface area contributed by atoms with Gasteiger partial charge in [-0.15, -0.1) is 0 Å². The second-order valence-corrected chi connectivity index (χ2v) is 4.62. The topological polar surface area (TPSA) is 29.5 Å². The van der Waals surface area contributed by atoms with E-state index in [1.54, 1.807) is 7.11 Å². The van der Waals surface area contributed by atoms with Crippen LogP contribution in [0.4, 0.5) is 0 Å². The van der Waals surface area contributed by atoms with E-state index in [1.807, 2.05) is 24.3 Å². The van der Waals surface area contributed by atoms with Crippen molar-refractivity contribution in [3.05, 3.63) is 35.4 Å². The maximum absolute atomic E-state index is 10.1. The summed E-state index contributed by atoms with van der Waals surface area (Å²) >= 11 is 0. The van der Waals surface area contributed by atoms with Gasteiger partial charge in [-0.2, -0.15) is 0 Å².